The van der Waals surface area contributed by atoms with Crippen molar-refractivity contribution < 1.29 is 9.18 Å². The largest absolute Gasteiger partial charge is 0.293 e. The zero-order valence-electron chi connectivity index (χ0n) is 5.77. The molecular weight excluding hydrogens is 169 g/mol. The lowest BCUT2D eigenvalue weighted by Crippen LogP contribution is -2.00. The van der Waals surface area contributed by atoms with Gasteiger partial charge in [-0.15, -0.1) is 0 Å². The predicted molar refractivity (Wildman–Crippen MR) is 39.2 cm³/mol. The predicted octanol–water partition coefficient (Wildman–Crippen LogP) is 2.08. The Morgan fingerprint density at radius 2 is 2.36 bits per heavy atom. The second kappa shape index (κ2) is 2.96. The number of nitrogens with zero attached hydrogens (tertiary/aromatic N) is 1. The van der Waals surface area contributed by atoms with Gasteiger partial charge < -0.3 is 0 Å². The van der Waals surface area contributed by atoms with Gasteiger partial charge in [-0.25, -0.2) is 9.37 Å². The van der Waals surface area contributed by atoms with Crippen molar-refractivity contribution in [3.63, 3.8) is 0 Å². The van der Waals surface area contributed by atoms with Gasteiger partial charge in [0.2, 0.25) is 0 Å². The Morgan fingerprint density at radius 3 is 2.82 bits per heavy atom. The van der Waals surface area contributed by atoms with Crippen LogP contribution < -0.4 is 0 Å². The molecule has 4 heteroatoms. The maximum atomic E-state index is 12.8. The summed E-state index contributed by atoms with van der Waals surface area (Å²) in [6, 6.07) is 1.29. The Bertz CT molecular complexity index is 300. The highest BCUT2D eigenvalue weighted by atomic mass is 35.5. The average molecular weight is 174 g/mol. The van der Waals surface area contributed by atoms with Crippen molar-refractivity contribution >= 4 is 17.4 Å². The van der Waals surface area contributed by atoms with Gasteiger partial charge in [0.05, 0.1) is 5.02 Å². The monoisotopic (exact) mass is 173 g/mol. The Balaban J connectivity index is 3.27. The molecule has 58 valence electrons. The molecule has 0 aliphatic heterocycles. The number of Topliss-reactive ketones (excluding diaryl/α,β-unsaturated/α-hetero) is 1. The molecule has 1 aromatic heterocycles. The third-order valence-electron chi connectivity index (χ3n) is 1.18. The highest BCUT2D eigenvalue weighted by Crippen LogP contribution is 2.15. The Morgan fingerprint density at radius 1 is 1.73 bits per heavy atom. The fourth-order valence-electron chi connectivity index (χ4n) is 0.666. The van der Waals surface area contributed by atoms with Crippen molar-refractivity contribution in [1.29, 1.82) is 0 Å². The van der Waals surface area contributed by atoms with Gasteiger partial charge in [0.1, 0.15) is 5.69 Å². The lowest BCUT2D eigenvalue weighted by molar-refractivity contribution is 0.100. The molecule has 1 heterocycles. The van der Waals surface area contributed by atoms with Crippen LogP contribution in [0.3, 0.4) is 0 Å². The van der Waals surface area contributed by atoms with Crippen molar-refractivity contribution in [3.05, 3.63) is 28.8 Å². The topological polar surface area (TPSA) is 30.0 Å². The van der Waals surface area contributed by atoms with E-state index in [9.17, 15) is 9.18 Å². The standard InChI is InChI=1S/C7H5ClFNO/c1-4(11)7-6(9)5(8)2-3-10-7/h2-3H,1H3. The number of carbonyl (C=O) groups is 1. The van der Waals surface area contributed by atoms with E-state index >= 15 is 0 Å². The summed E-state index contributed by atoms with van der Waals surface area (Å²) in [5, 5.41) is -0.0785. The Kier molecular flexibility index (Phi) is 2.19. The van der Waals surface area contributed by atoms with Gasteiger partial charge in [0.15, 0.2) is 11.6 Å². The fourth-order valence-corrected chi connectivity index (χ4v) is 0.811. The molecule has 1 aromatic rings. The molecule has 0 saturated carbocycles. The summed E-state index contributed by atoms with van der Waals surface area (Å²) in [4.78, 5) is 14.2. The van der Waals surface area contributed by atoms with Crippen LogP contribution >= 0.6 is 11.6 Å². The SMILES string of the molecule is CC(=O)c1nccc(Cl)c1F. The summed E-state index contributed by atoms with van der Waals surface area (Å²) in [5.74, 6) is -1.17. The maximum Gasteiger partial charge on any atom is 0.181 e. The number of carbonyl (C=O) groups excluding carboxylic acids is 1. The molecule has 0 N–H and O–H groups in total. The van der Waals surface area contributed by atoms with E-state index in [1.54, 1.807) is 0 Å². The number of rotatable bonds is 1. The van der Waals surface area contributed by atoms with Crippen LogP contribution in [0.15, 0.2) is 12.3 Å². The zero-order valence-corrected chi connectivity index (χ0v) is 6.52. The van der Waals surface area contributed by atoms with E-state index in [1.165, 1.54) is 19.2 Å². The molecule has 0 aromatic carbocycles. The van der Waals surface area contributed by atoms with Crippen LogP contribution in [-0.4, -0.2) is 10.8 Å². The number of halogens is 2. The highest BCUT2D eigenvalue weighted by Gasteiger charge is 2.10. The van der Waals surface area contributed by atoms with Gasteiger partial charge in [0, 0.05) is 13.1 Å². The van der Waals surface area contributed by atoms with Gasteiger partial charge in [0.25, 0.3) is 0 Å². The molecule has 0 saturated heterocycles. The van der Waals surface area contributed by atoms with Crippen molar-refractivity contribution in [2.75, 3.05) is 0 Å². The van der Waals surface area contributed by atoms with Crippen molar-refractivity contribution in [2.45, 2.75) is 6.92 Å². The molecule has 2 nitrogen and oxygen atoms in total. The molecular formula is C7H5ClFNO. The fraction of sp³-hybridized carbons (Fsp3) is 0.143. The first kappa shape index (κ1) is 8.14. The summed E-state index contributed by atoms with van der Waals surface area (Å²) in [5.41, 5.74) is -0.211. The number of hydrogen-bond acceptors (Lipinski definition) is 2. The van der Waals surface area contributed by atoms with Crippen LogP contribution in [0.2, 0.25) is 5.02 Å². The van der Waals surface area contributed by atoms with E-state index in [1.807, 2.05) is 0 Å². The summed E-state index contributed by atoms with van der Waals surface area (Å²) in [6.45, 7) is 1.24. The van der Waals surface area contributed by atoms with E-state index in [0.717, 1.165) is 0 Å². The molecule has 0 fully saturated rings. The molecule has 0 unspecified atom stereocenters. The second-order valence-corrected chi connectivity index (χ2v) is 2.42. The molecule has 0 spiro atoms. The van der Waals surface area contributed by atoms with Crippen molar-refractivity contribution in [2.24, 2.45) is 0 Å². The lowest BCUT2D eigenvalue weighted by Gasteiger charge is -1.96. The van der Waals surface area contributed by atoms with Crippen LogP contribution in [0, 0.1) is 5.82 Å². The third-order valence-corrected chi connectivity index (χ3v) is 1.47. The normalized spacial score (nSPS) is 9.73. The molecule has 0 aliphatic carbocycles. The minimum Gasteiger partial charge on any atom is -0.293 e. The first-order valence-electron chi connectivity index (χ1n) is 2.94. The third kappa shape index (κ3) is 1.54. The molecule has 0 atom stereocenters. The minimum atomic E-state index is -0.748. The summed E-state index contributed by atoms with van der Waals surface area (Å²) in [6.07, 6.45) is 1.29. The van der Waals surface area contributed by atoms with Crippen LogP contribution in [0.4, 0.5) is 4.39 Å². The molecule has 0 radical (unpaired) electrons. The lowest BCUT2D eigenvalue weighted by atomic mass is 10.2. The Labute approximate surface area is 68.0 Å². The Hall–Kier alpha value is -0.960. The summed E-state index contributed by atoms with van der Waals surface area (Å²) in [7, 11) is 0. The van der Waals surface area contributed by atoms with Crippen LogP contribution in [-0.2, 0) is 0 Å². The van der Waals surface area contributed by atoms with Crippen molar-refractivity contribution in [3.8, 4) is 0 Å². The minimum absolute atomic E-state index is 0.0785. The summed E-state index contributed by atoms with van der Waals surface area (Å²) >= 11 is 5.39. The summed E-state index contributed by atoms with van der Waals surface area (Å²) < 4.78 is 12.8. The number of aromatic nitrogens is 1. The quantitative estimate of drug-likeness (QED) is 0.609. The molecule has 0 amide bonds. The molecule has 0 bridgehead atoms. The van der Waals surface area contributed by atoms with E-state index in [-0.39, 0.29) is 10.7 Å². The van der Waals surface area contributed by atoms with E-state index in [4.69, 9.17) is 11.6 Å². The molecule has 1 rings (SSSR count). The van der Waals surface area contributed by atoms with E-state index < -0.39 is 11.6 Å². The highest BCUT2D eigenvalue weighted by molar-refractivity contribution is 6.31. The van der Waals surface area contributed by atoms with Gasteiger partial charge in [-0.3, -0.25) is 4.79 Å². The van der Waals surface area contributed by atoms with Gasteiger partial charge in [-0.2, -0.15) is 0 Å². The van der Waals surface area contributed by atoms with Crippen LogP contribution in [0.25, 0.3) is 0 Å². The maximum absolute atomic E-state index is 12.8. The molecule has 11 heavy (non-hydrogen) atoms. The number of hydrogen-bond donors (Lipinski definition) is 0. The first-order valence-corrected chi connectivity index (χ1v) is 3.31. The van der Waals surface area contributed by atoms with Crippen molar-refractivity contribution in [1.82, 2.24) is 4.98 Å². The average Bonchev–Trinajstić information content (AvgIpc) is 1.94. The van der Waals surface area contributed by atoms with E-state index in [2.05, 4.69) is 4.98 Å². The molecule has 0 aliphatic rings. The van der Waals surface area contributed by atoms with Gasteiger partial charge in [-0.05, 0) is 6.07 Å². The second-order valence-electron chi connectivity index (χ2n) is 2.01. The number of ketones is 1. The number of pyridine rings is 1. The van der Waals surface area contributed by atoms with Crippen LogP contribution in [0.5, 0.6) is 0 Å². The van der Waals surface area contributed by atoms with E-state index in [0.29, 0.717) is 0 Å². The van der Waals surface area contributed by atoms with Gasteiger partial charge >= 0.3 is 0 Å². The first-order chi connectivity index (χ1) is 5.13. The smallest absolute Gasteiger partial charge is 0.181 e. The van der Waals surface area contributed by atoms with Gasteiger partial charge in [-0.1, -0.05) is 11.6 Å². The van der Waals surface area contributed by atoms with Crippen LogP contribution in [0.1, 0.15) is 17.4 Å². The zero-order chi connectivity index (χ0) is 8.43.